The molecule has 2 atom stereocenters. The quantitative estimate of drug-likeness (QED) is 0.511. The molecule has 0 N–H and O–H groups in total. The van der Waals surface area contributed by atoms with Crippen LogP contribution >= 0.6 is 11.8 Å². The summed E-state index contributed by atoms with van der Waals surface area (Å²) in [6, 6.07) is 4.84. The fraction of sp³-hybridized carbons (Fsp3) is 0.542. The number of rotatable bonds is 7. The van der Waals surface area contributed by atoms with Gasteiger partial charge in [0.25, 0.3) is 0 Å². The number of halogens is 1. The van der Waals surface area contributed by atoms with Crippen molar-refractivity contribution in [2.75, 3.05) is 26.0 Å². The minimum Gasteiger partial charge on any atom is -0.477 e. The average molecular weight is 474 g/mol. The van der Waals surface area contributed by atoms with Gasteiger partial charge in [-0.05, 0) is 69.9 Å². The summed E-state index contributed by atoms with van der Waals surface area (Å²) in [7, 11) is 0. The van der Waals surface area contributed by atoms with E-state index in [0.29, 0.717) is 37.1 Å². The van der Waals surface area contributed by atoms with E-state index < -0.39 is 5.82 Å². The van der Waals surface area contributed by atoms with Crippen LogP contribution in [0.25, 0.3) is 0 Å². The highest BCUT2D eigenvalue weighted by Crippen LogP contribution is 2.58. The predicted octanol–water partition coefficient (Wildman–Crippen LogP) is 5.22. The van der Waals surface area contributed by atoms with E-state index in [1.54, 1.807) is 19.1 Å². The third-order valence-electron chi connectivity index (χ3n) is 7.06. The Balaban J connectivity index is 1.19. The Hall–Kier alpha value is -2.55. The first-order valence-electron chi connectivity index (χ1n) is 11.2. The maximum Gasteiger partial charge on any atom is 0.410 e. The zero-order valence-electron chi connectivity index (χ0n) is 19.1. The summed E-state index contributed by atoms with van der Waals surface area (Å²) >= 11 is 1.46. The third kappa shape index (κ3) is 4.60. The zero-order valence-corrected chi connectivity index (χ0v) is 19.9. The van der Waals surface area contributed by atoms with Crippen LogP contribution in [-0.4, -0.2) is 52.5 Å². The van der Waals surface area contributed by atoms with Crippen LogP contribution in [0.4, 0.5) is 9.18 Å². The molecule has 1 amide bonds. The molecule has 9 heteroatoms. The van der Waals surface area contributed by atoms with E-state index in [1.165, 1.54) is 24.2 Å². The summed E-state index contributed by atoms with van der Waals surface area (Å²) in [5.41, 5.74) is 0.444. The number of fused-ring (bicyclic) bond motifs is 1. The summed E-state index contributed by atoms with van der Waals surface area (Å²) in [6.45, 7) is 5.70. The second-order valence-electron chi connectivity index (χ2n) is 9.57. The van der Waals surface area contributed by atoms with Crippen LogP contribution < -0.4 is 9.47 Å². The Kier molecular flexibility index (Phi) is 5.63. The maximum absolute atomic E-state index is 14.3. The van der Waals surface area contributed by atoms with Crippen molar-refractivity contribution in [1.29, 1.82) is 0 Å². The van der Waals surface area contributed by atoms with Gasteiger partial charge < -0.3 is 19.1 Å². The molecule has 2 aromatic rings. The van der Waals surface area contributed by atoms with Crippen LogP contribution in [0.15, 0.2) is 29.4 Å². The van der Waals surface area contributed by atoms with Gasteiger partial charge in [0.2, 0.25) is 11.8 Å². The smallest absolute Gasteiger partial charge is 0.410 e. The summed E-state index contributed by atoms with van der Waals surface area (Å²) in [5.74, 6) is 0.785. The SMILES string of the molecule is CSc1ccc(Oc2ncnc(OCC34CCN(C(=O)OC5(C)CC5)CC3C4)c2C)c(F)c1. The van der Waals surface area contributed by atoms with Crippen molar-refractivity contribution in [3.63, 3.8) is 0 Å². The zero-order chi connectivity index (χ0) is 23.2. The van der Waals surface area contributed by atoms with Gasteiger partial charge in [0.1, 0.15) is 11.9 Å². The Morgan fingerprint density at radius 3 is 2.76 bits per heavy atom. The molecule has 0 bridgehead atoms. The molecular weight excluding hydrogens is 445 g/mol. The number of thioether (sulfide) groups is 1. The topological polar surface area (TPSA) is 73.8 Å². The molecule has 176 valence electrons. The van der Waals surface area contributed by atoms with Crippen LogP contribution in [0, 0.1) is 24.1 Å². The van der Waals surface area contributed by atoms with Gasteiger partial charge in [0, 0.05) is 23.4 Å². The number of hydrogen-bond acceptors (Lipinski definition) is 7. The maximum atomic E-state index is 14.3. The number of benzene rings is 1. The molecule has 1 aromatic carbocycles. The van der Waals surface area contributed by atoms with Gasteiger partial charge in [-0.3, -0.25) is 0 Å². The van der Waals surface area contributed by atoms with E-state index in [9.17, 15) is 9.18 Å². The molecule has 1 aliphatic heterocycles. The first-order valence-corrected chi connectivity index (χ1v) is 12.5. The van der Waals surface area contributed by atoms with Crippen LogP contribution in [0.2, 0.25) is 0 Å². The lowest BCUT2D eigenvalue weighted by molar-refractivity contribution is 0.0439. The molecular formula is C24H28FN3O4S. The molecule has 7 nitrogen and oxygen atoms in total. The standard InChI is InChI=1S/C24H28FN3O4S/c1-15-20(26-14-27-21(15)31-19-5-4-17(33-3)10-18(19)25)30-13-24-8-9-28(12-16(24)11-24)22(29)32-23(2)6-7-23/h4-5,10,14,16H,6-9,11-13H2,1-3H3. The number of aromatic nitrogens is 2. The lowest BCUT2D eigenvalue weighted by Crippen LogP contribution is -2.42. The molecule has 0 spiro atoms. The van der Waals surface area contributed by atoms with E-state index in [1.807, 2.05) is 18.1 Å². The molecule has 2 saturated carbocycles. The van der Waals surface area contributed by atoms with Crippen molar-refractivity contribution in [1.82, 2.24) is 14.9 Å². The lowest BCUT2D eigenvalue weighted by Gasteiger charge is -2.31. The largest absolute Gasteiger partial charge is 0.477 e. The predicted molar refractivity (Wildman–Crippen MR) is 121 cm³/mol. The van der Waals surface area contributed by atoms with E-state index >= 15 is 0 Å². The van der Waals surface area contributed by atoms with Crippen LogP contribution in [0.1, 0.15) is 38.2 Å². The van der Waals surface area contributed by atoms with Gasteiger partial charge in [-0.15, -0.1) is 11.8 Å². The first-order chi connectivity index (χ1) is 15.8. The number of carbonyl (C=O) groups excluding carboxylic acids is 1. The molecule has 2 heterocycles. The Morgan fingerprint density at radius 1 is 1.27 bits per heavy atom. The van der Waals surface area contributed by atoms with Gasteiger partial charge >= 0.3 is 6.09 Å². The third-order valence-corrected chi connectivity index (χ3v) is 7.78. The lowest BCUT2D eigenvalue weighted by atomic mass is 9.96. The van der Waals surface area contributed by atoms with Crippen molar-refractivity contribution >= 4 is 17.9 Å². The fourth-order valence-electron chi connectivity index (χ4n) is 4.35. The molecule has 1 saturated heterocycles. The highest BCUT2D eigenvalue weighted by atomic mass is 32.2. The molecule has 2 aliphatic carbocycles. The second-order valence-corrected chi connectivity index (χ2v) is 10.5. The number of amides is 1. The average Bonchev–Trinajstić information content (AvgIpc) is 3.71. The number of ether oxygens (including phenoxy) is 3. The van der Waals surface area contributed by atoms with Gasteiger partial charge in [0.15, 0.2) is 11.6 Å². The summed E-state index contributed by atoms with van der Waals surface area (Å²) in [5, 5.41) is 0. The molecule has 0 radical (unpaired) electrons. The van der Waals surface area contributed by atoms with Gasteiger partial charge in [-0.2, -0.15) is 0 Å². The van der Waals surface area contributed by atoms with Crippen molar-refractivity contribution < 1.29 is 23.4 Å². The van der Waals surface area contributed by atoms with Crippen molar-refractivity contribution in [3.8, 4) is 17.5 Å². The first kappa shape index (κ1) is 22.3. The Bertz CT molecular complexity index is 1080. The van der Waals surface area contributed by atoms with Gasteiger partial charge in [0.05, 0.1) is 12.2 Å². The highest BCUT2D eigenvalue weighted by molar-refractivity contribution is 7.98. The van der Waals surface area contributed by atoms with Crippen LogP contribution in [-0.2, 0) is 4.74 Å². The van der Waals surface area contributed by atoms with Crippen molar-refractivity contribution in [2.45, 2.75) is 50.0 Å². The fourth-order valence-corrected chi connectivity index (χ4v) is 4.78. The number of carbonyl (C=O) groups is 1. The van der Waals surface area contributed by atoms with E-state index in [-0.39, 0.29) is 28.7 Å². The molecule has 33 heavy (non-hydrogen) atoms. The normalized spacial score (nSPS) is 24.6. The van der Waals surface area contributed by atoms with Gasteiger partial charge in [-0.25, -0.2) is 19.2 Å². The van der Waals surface area contributed by atoms with Crippen LogP contribution in [0.3, 0.4) is 0 Å². The molecule has 1 aromatic heterocycles. The molecule has 3 aliphatic rings. The second kappa shape index (κ2) is 8.34. The molecule has 3 fully saturated rings. The Labute approximate surface area is 197 Å². The Morgan fingerprint density at radius 2 is 2.06 bits per heavy atom. The minimum absolute atomic E-state index is 0.0679. The minimum atomic E-state index is -0.442. The number of piperidine rings is 1. The number of hydrogen-bond donors (Lipinski definition) is 0. The highest BCUT2D eigenvalue weighted by Gasteiger charge is 2.58. The molecule has 2 unspecified atom stereocenters. The van der Waals surface area contributed by atoms with Gasteiger partial charge in [-0.1, -0.05) is 0 Å². The number of likely N-dealkylation sites (tertiary alicyclic amines) is 1. The summed E-state index contributed by atoms with van der Waals surface area (Å²) < 4.78 is 31.8. The number of nitrogens with zero attached hydrogens (tertiary/aromatic N) is 3. The summed E-state index contributed by atoms with van der Waals surface area (Å²) in [6.07, 6.45) is 6.87. The summed E-state index contributed by atoms with van der Waals surface area (Å²) in [4.78, 5) is 23.5. The van der Waals surface area contributed by atoms with E-state index in [2.05, 4.69) is 9.97 Å². The van der Waals surface area contributed by atoms with E-state index in [0.717, 1.165) is 30.6 Å². The van der Waals surface area contributed by atoms with E-state index in [4.69, 9.17) is 14.2 Å². The molecule has 5 rings (SSSR count). The monoisotopic (exact) mass is 473 g/mol. The van der Waals surface area contributed by atoms with Crippen LogP contribution in [0.5, 0.6) is 17.5 Å². The van der Waals surface area contributed by atoms with Crippen molar-refractivity contribution in [2.24, 2.45) is 11.3 Å². The van der Waals surface area contributed by atoms with Crippen molar-refractivity contribution in [3.05, 3.63) is 35.9 Å².